The summed E-state index contributed by atoms with van der Waals surface area (Å²) in [6.45, 7) is 1.07. The molecule has 1 atom stereocenters. The van der Waals surface area contributed by atoms with Crippen LogP contribution in [0.1, 0.15) is 12.8 Å². The molecule has 1 aliphatic rings. The van der Waals surface area contributed by atoms with E-state index in [9.17, 15) is 14.7 Å². The van der Waals surface area contributed by atoms with Crippen molar-refractivity contribution in [3.8, 4) is 11.5 Å². The topological polar surface area (TPSA) is 94.1 Å². The van der Waals surface area contributed by atoms with Gasteiger partial charge in [0.25, 0.3) is 5.91 Å². The molecule has 1 fully saturated rings. The lowest BCUT2D eigenvalue weighted by molar-refractivity contribution is -0.145. The van der Waals surface area contributed by atoms with Crippen molar-refractivity contribution in [2.45, 2.75) is 12.8 Å². The number of hydrogen-bond acceptors (Lipinski definition) is 5. The Labute approximate surface area is 140 Å². The van der Waals surface area contributed by atoms with E-state index >= 15 is 0 Å². The lowest BCUT2D eigenvalue weighted by Gasteiger charge is -2.27. The number of carbonyl (C=O) groups excluding carboxylic acids is 1. The summed E-state index contributed by atoms with van der Waals surface area (Å²) in [5.41, 5.74) is 0. The number of carbonyl (C=O) groups is 2. The van der Waals surface area contributed by atoms with Gasteiger partial charge in [0.1, 0.15) is 11.5 Å². The Morgan fingerprint density at radius 3 is 2.71 bits per heavy atom. The number of benzene rings is 1. The molecule has 0 aliphatic carbocycles. The van der Waals surface area contributed by atoms with E-state index in [-0.39, 0.29) is 25.0 Å². The summed E-state index contributed by atoms with van der Waals surface area (Å²) in [5, 5.41) is 12.0. The van der Waals surface area contributed by atoms with Crippen molar-refractivity contribution >= 4 is 11.9 Å². The number of carboxylic acids is 1. The minimum atomic E-state index is -0.893. The summed E-state index contributed by atoms with van der Waals surface area (Å²) < 4.78 is 15.7. The fourth-order valence-electron chi connectivity index (χ4n) is 2.69. The highest BCUT2D eigenvalue weighted by Gasteiger charge is 2.29. The summed E-state index contributed by atoms with van der Waals surface area (Å²) in [7, 11) is 1.55. The smallest absolute Gasteiger partial charge is 0.308 e. The Morgan fingerprint density at radius 1 is 1.33 bits per heavy atom. The Balaban J connectivity index is 1.79. The van der Waals surface area contributed by atoms with Crippen LogP contribution in [0.25, 0.3) is 0 Å². The van der Waals surface area contributed by atoms with E-state index < -0.39 is 11.9 Å². The van der Waals surface area contributed by atoms with Gasteiger partial charge in [-0.2, -0.15) is 0 Å². The van der Waals surface area contributed by atoms with E-state index in [1.807, 2.05) is 0 Å². The molecule has 1 amide bonds. The second kappa shape index (κ2) is 9.12. The van der Waals surface area contributed by atoms with Crippen LogP contribution in [-0.2, 0) is 14.3 Å². The van der Waals surface area contributed by atoms with Crippen LogP contribution in [0.3, 0.4) is 0 Å². The first kappa shape index (κ1) is 18.1. The Bertz CT molecular complexity index is 556. The van der Waals surface area contributed by atoms with Gasteiger partial charge < -0.3 is 24.6 Å². The molecule has 7 nitrogen and oxygen atoms in total. The number of hydrogen-bond donors (Lipinski definition) is 2. The Morgan fingerprint density at radius 2 is 2.04 bits per heavy atom. The molecule has 1 aromatic carbocycles. The standard InChI is InChI=1S/C17H23NO6/c1-22-13-3-2-4-14(9-13)24-11-16(19)18-10-15(17(20)21)12-5-7-23-8-6-12/h2-4,9,12,15H,5-8,10-11H2,1H3,(H,18,19)(H,20,21). The van der Waals surface area contributed by atoms with Crippen molar-refractivity contribution in [1.82, 2.24) is 5.32 Å². The number of methoxy groups -OCH3 is 1. The summed E-state index contributed by atoms with van der Waals surface area (Å²) in [6, 6.07) is 6.93. The predicted molar refractivity (Wildman–Crippen MR) is 86.2 cm³/mol. The highest BCUT2D eigenvalue weighted by molar-refractivity contribution is 5.78. The number of amides is 1. The van der Waals surface area contributed by atoms with Crippen LogP contribution in [0.2, 0.25) is 0 Å². The number of rotatable bonds is 8. The monoisotopic (exact) mass is 337 g/mol. The number of aliphatic carboxylic acids is 1. The minimum Gasteiger partial charge on any atom is -0.497 e. The van der Waals surface area contributed by atoms with Gasteiger partial charge in [0.2, 0.25) is 0 Å². The van der Waals surface area contributed by atoms with E-state index in [0.717, 1.165) is 0 Å². The van der Waals surface area contributed by atoms with E-state index in [1.54, 1.807) is 31.4 Å². The molecule has 132 valence electrons. The third kappa shape index (κ3) is 5.42. The van der Waals surface area contributed by atoms with E-state index in [1.165, 1.54) is 0 Å². The van der Waals surface area contributed by atoms with Gasteiger partial charge in [0, 0.05) is 25.8 Å². The SMILES string of the molecule is COc1cccc(OCC(=O)NCC(C(=O)O)C2CCOCC2)c1. The zero-order valence-electron chi connectivity index (χ0n) is 13.7. The van der Waals surface area contributed by atoms with Gasteiger partial charge in [-0.15, -0.1) is 0 Å². The Kier molecular flexibility index (Phi) is 6.87. The molecule has 1 heterocycles. The average Bonchev–Trinajstić information content (AvgIpc) is 2.61. The predicted octanol–water partition coefficient (Wildman–Crippen LogP) is 1.32. The van der Waals surface area contributed by atoms with Crippen molar-refractivity contribution in [2.75, 3.05) is 33.5 Å². The maximum atomic E-state index is 11.9. The highest BCUT2D eigenvalue weighted by Crippen LogP contribution is 2.23. The highest BCUT2D eigenvalue weighted by atomic mass is 16.5. The van der Waals surface area contributed by atoms with Crippen LogP contribution < -0.4 is 14.8 Å². The second-order valence-corrected chi connectivity index (χ2v) is 5.67. The Hall–Kier alpha value is -2.28. The van der Waals surface area contributed by atoms with Crippen LogP contribution in [0, 0.1) is 11.8 Å². The first-order valence-corrected chi connectivity index (χ1v) is 7.94. The maximum Gasteiger partial charge on any atom is 0.308 e. The van der Waals surface area contributed by atoms with Gasteiger partial charge >= 0.3 is 5.97 Å². The lowest BCUT2D eigenvalue weighted by Crippen LogP contribution is -2.40. The zero-order valence-corrected chi connectivity index (χ0v) is 13.7. The summed E-state index contributed by atoms with van der Waals surface area (Å²) in [4.78, 5) is 23.3. The molecule has 24 heavy (non-hydrogen) atoms. The van der Waals surface area contributed by atoms with Crippen LogP contribution in [-0.4, -0.2) is 50.5 Å². The molecular formula is C17H23NO6. The second-order valence-electron chi connectivity index (χ2n) is 5.67. The fourth-order valence-corrected chi connectivity index (χ4v) is 2.69. The van der Waals surface area contributed by atoms with Crippen LogP contribution in [0.5, 0.6) is 11.5 Å². The quantitative estimate of drug-likeness (QED) is 0.743. The van der Waals surface area contributed by atoms with Gasteiger partial charge in [-0.3, -0.25) is 9.59 Å². The van der Waals surface area contributed by atoms with E-state index in [0.29, 0.717) is 37.6 Å². The van der Waals surface area contributed by atoms with Crippen molar-refractivity contribution < 1.29 is 28.9 Å². The summed E-state index contributed by atoms with van der Waals surface area (Å²) >= 11 is 0. The molecule has 0 bridgehead atoms. The molecule has 0 spiro atoms. The molecule has 0 aromatic heterocycles. The summed E-state index contributed by atoms with van der Waals surface area (Å²) in [5.74, 6) is -0.667. The van der Waals surface area contributed by atoms with Crippen LogP contribution in [0.4, 0.5) is 0 Å². The normalized spacial score (nSPS) is 16.2. The number of nitrogens with one attached hydrogen (secondary N) is 1. The molecule has 1 aliphatic heterocycles. The van der Waals surface area contributed by atoms with Gasteiger partial charge in [0.05, 0.1) is 13.0 Å². The third-order valence-corrected chi connectivity index (χ3v) is 4.08. The molecule has 7 heteroatoms. The van der Waals surface area contributed by atoms with Gasteiger partial charge in [0.15, 0.2) is 6.61 Å². The third-order valence-electron chi connectivity index (χ3n) is 4.08. The minimum absolute atomic E-state index is 0.0239. The van der Waals surface area contributed by atoms with Crippen LogP contribution >= 0.6 is 0 Å². The largest absolute Gasteiger partial charge is 0.497 e. The van der Waals surface area contributed by atoms with E-state index in [2.05, 4.69) is 5.32 Å². The molecule has 2 rings (SSSR count). The van der Waals surface area contributed by atoms with Crippen molar-refractivity contribution in [1.29, 1.82) is 0 Å². The average molecular weight is 337 g/mol. The number of carboxylic acid groups (broad SMARTS) is 1. The molecule has 1 unspecified atom stereocenters. The lowest BCUT2D eigenvalue weighted by atomic mass is 9.86. The van der Waals surface area contributed by atoms with Crippen LogP contribution in [0.15, 0.2) is 24.3 Å². The molecule has 1 aromatic rings. The van der Waals surface area contributed by atoms with Gasteiger partial charge in [-0.05, 0) is 30.9 Å². The van der Waals surface area contributed by atoms with Crippen molar-refractivity contribution in [3.63, 3.8) is 0 Å². The first-order valence-electron chi connectivity index (χ1n) is 7.94. The van der Waals surface area contributed by atoms with E-state index in [4.69, 9.17) is 14.2 Å². The van der Waals surface area contributed by atoms with Gasteiger partial charge in [-0.25, -0.2) is 0 Å². The van der Waals surface area contributed by atoms with Crippen molar-refractivity contribution in [3.05, 3.63) is 24.3 Å². The maximum absolute atomic E-state index is 11.9. The fraction of sp³-hybridized carbons (Fsp3) is 0.529. The molecule has 0 radical (unpaired) electrons. The zero-order chi connectivity index (χ0) is 17.4. The van der Waals surface area contributed by atoms with Crippen molar-refractivity contribution in [2.24, 2.45) is 11.8 Å². The summed E-state index contributed by atoms with van der Waals surface area (Å²) in [6.07, 6.45) is 1.40. The molecule has 1 saturated heterocycles. The molecule has 0 saturated carbocycles. The first-order chi connectivity index (χ1) is 11.6. The number of ether oxygens (including phenoxy) is 3. The van der Waals surface area contributed by atoms with Gasteiger partial charge in [-0.1, -0.05) is 6.07 Å². The molecule has 2 N–H and O–H groups in total. The molecular weight excluding hydrogens is 314 g/mol.